The summed E-state index contributed by atoms with van der Waals surface area (Å²) in [4.78, 5) is 12.3. The van der Waals surface area contributed by atoms with E-state index in [1.165, 1.54) is 26.2 Å². The van der Waals surface area contributed by atoms with Gasteiger partial charge in [0.15, 0.2) is 0 Å². The van der Waals surface area contributed by atoms with Gasteiger partial charge in [-0.2, -0.15) is 4.72 Å². The second kappa shape index (κ2) is 7.86. The number of anilines is 1. The molecule has 25 heavy (non-hydrogen) atoms. The number of benzene rings is 2. The lowest BCUT2D eigenvalue weighted by atomic mass is 10.2. The molecule has 0 fully saturated rings. The van der Waals surface area contributed by atoms with Crippen LogP contribution in [0.4, 0.5) is 5.69 Å². The van der Waals surface area contributed by atoms with E-state index in [-0.39, 0.29) is 4.90 Å². The van der Waals surface area contributed by atoms with Crippen molar-refractivity contribution in [2.24, 2.45) is 0 Å². The van der Waals surface area contributed by atoms with Gasteiger partial charge in [0.1, 0.15) is 5.75 Å². The molecule has 0 bridgehead atoms. The molecule has 1 amide bonds. The number of hydrogen-bond acceptors (Lipinski definition) is 4. The quantitative estimate of drug-likeness (QED) is 0.804. The first-order valence-electron chi connectivity index (χ1n) is 7.46. The van der Waals surface area contributed by atoms with Gasteiger partial charge in [-0.3, -0.25) is 4.79 Å². The Labute approximate surface area is 152 Å². The zero-order valence-electron chi connectivity index (χ0n) is 14.0. The molecule has 0 aliphatic heterocycles. The number of amides is 1. The minimum absolute atomic E-state index is 0.0632. The number of rotatable bonds is 6. The summed E-state index contributed by atoms with van der Waals surface area (Å²) in [6, 6.07) is 10.1. The fourth-order valence-corrected chi connectivity index (χ4v) is 3.67. The van der Waals surface area contributed by atoms with Gasteiger partial charge in [0.2, 0.25) is 15.9 Å². The summed E-state index contributed by atoms with van der Waals surface area (Å²) in [5.41, 5.74) is 1.17. The Morgan fingerprint density at radius 3 is 2.52 bits per heavy atom. The van der Waals surface area contributed by atoms with Crippen LogP contribution in [0.5, 0.6) is 5.75 Å². The summed E-state index contributed by atoms with van der Waals surface area (Å²) in [5.74, 6) is 0.0989. The van der Waals surface area contributed by atoms with E-state index in [9.17, 15) is 13.2 Å². The molecule has 0 saturated carbocycles. The molecule has 1 atom stereocenters. The van der Waals surface area contributed by atoms with Crippen molar-refractivity contribution in [2.45, 2.75) is 24.8 Å². The molecule has 0 spiro atoms. The highest BCUT2D eigenvalue weighted by atomic mass is 35.5. The molecule has 134 valence electrons. The molecule has 8 heteroatoms. The van der Waals surface area contributed by atoms with Crippen molar-refractivity contribution in [1.29, 1.82) is 0 Å². The zero-order chi connectivity index (χ0) is 18.6. The molecular weight excluding hydrogens is 364 g/mol. The minimum atomic E-state index is -3.84. The number of carbonyl (C=O) groups excluding carboxylic acids is 1. The maximum absolute atomic E-state index is 12.5. The van der Waals surface area contributed by atoms with Gasteiger partial charge in [0.05, 0.1) is 18.0 Å². The van der Waals surface area contributed by atoms with Gasteiger partial charge in [-0.25, -0.2) is 8.42 Å². The highest BCUT2D eigenvalue weighted by Crippen LogP contribution is 2.21. The molecule has 6 nitrogen and oxygen atoms in total. The van der Waals surface area contributed by atoms with Gasteiger partial charge in [-0.1, -0.05) is 17.7 Å². The number of carbonyl (C=O) groups is 1. The van der Waals surface area contributed by atoms with Gasteiger partial charge in [-0.05, 0) is 55.8 Å². The summed E-state index contributed by atoms with van der Waals surface area (Å²) in [6.45, 7) is 3.21. The van der Waals surface area contributed by atoms with Crippen LogP contribution in [-0.2, 0) is 14.8 Å². The predicted molar refractivity (Wildman–Crippen MR) is 97.6 cm³/mol. The molecule has 0 unspecified atom stereocenters. The fourth-order valence-electron chi connectivity index (χ4n) is 2.19. The summed E-state index contributed by atoms with van der Waals surface area (Å²) >= 11 is 5.86. The molecule has 0 aliphatic rings. The van der Waals surface area contributed by atoms with Crippen LogP contribution in [0.15, 0.2) is 47.4 Å². The molecule has 2 aromatic carbocycles. The first-order valence-corrected chi connectivity index (χ1v) is 9.32. The maximum atomic E-state index is 12.5. The molecule has 0 aliphatic carbocycles. The molecule has 0 saturated heterocycles. The highest BCUT2D eigenvalue weighted by molar-refractivity contribution is 7.89. The van der Waals surface area contributed by atoms with Crippen molar-refractivity contribution in [2.75, 3.05) is 12.4 Å². The van der Waals surface area contributed by atoms with E-state index in [0.717, 1.165) is 0 Å². The summed E-state index contributed by atoms with van der Waals surface area (Å²) in [5, 5.41) is 3.09. The van der Waals surface area contributed by atoms with Crippen LogP contribution in [0, 0.1) is 6.92 Å². The van der Waals surface area contributed by atoms with Gasteiger partial charge < -0.3 is 10.1 Å². The standard InChI is InChI=1S/C17H19ClN2O4S/c1-11-9-15(7-8-16(11)24-3)25(22,23)20-12(2)17(21)19-14-6-4-5-13(18)10-14/h4-10,12,20H,1-3H3,(H,19,21)/t12-/m0/s1. The van der Waals surface area contributed by atoms with Crippen LogP contribution < -0.4 is 14.8 Å². The van der Waals surface area contributed by atoms with E-state index >= 15 is 0 Å². The number of nitrogens with one attached hydrogen (secondary N) is 2. The Bertz CT molecular complexity index is 884. The lowest BCUT2D eigenvalue weighted by molar-refractivity contribution is -0.117. The van der Waals surface area contributed by atoms with Crippen LogP contribution in [0.3, 0.4) is 0 Å². The second-order valence-electron chi connectivity index (χ2n) is 5.47. The Morgan fingerprint density at radius 2 is 1.92 bits per heavy atom. The van der Waals surface area contributed by atoms with Gasteiger partial charge in [0, 0.05) is 10.7 Å². The van der Waals surface area contributed by atoms with E-state index in [2.05, 4.69) is 10.0 Å². The highest BCUT2D eigenvalue weighted by Gasteiger charge is 2.22. The normalized spacial score (nSPS) is 12.5. The van der Waals surface area contributed by atoms with E-state index < -0.39 is 22.0 Å². The topological polar surface area (TPSA) is 84.5 Å². The fraction of sp³-hybridized carbons (Fsp3) is 0.235. The molecule has 2 rings (SSSR count). The Morgan fingerprint density at radius 1 is 1.20 bits per heavy atom. The van der Waals surface area contributed by atoms with E-state index in [1.807, 2.05) is 0 Å². The monoisotopic (exact) mass is 382 g/mol. The van der Waals surface area contributed by atoms with Gasteiger partial charge >= 0.3 is 0 Å². The van der Waals surface area contributed by atoms with Crippen LogP contribution in [-0.4, -0.2) is 27.5 Å². The first kappa shape index (κ1) is 19.2. The molecule has 0 aromatic heterocycles. The van der Waals surface area contributed by atoms with Crippen molar-refractivity contribution < 1.29 is 17.9 Å². The van der Waals surface area contributed by atoms with Crippen molar-refractivity contribution in [3.8, 4) is 5.75 Å². The molecule has 0 radical (unpaired) electrons. The van der Waals surface area contributed by atoms with Crippen LogP contribution in [0.2, 0.25) is 5.02 Å². The number of halogens is 1. The SMILES string of the molecule is COc1ccc(S(=O)(=O)N[C@@H](C)C(=O)Nc2cccc(Cl)c2)cc1C. The van der Waals surface area contributed by atoms with Crippen LogP contribution >= 0.6 is 11.6 Å². The second-order valence-corrected chi connectivity index (χ2v) is 7.62. The Kier molecular flexibility index (Phi) is 6.05. The molecule has 0 heterocycles. The minimum Gasteiger partial charge on any atom is -0.496 e. The third-order valence-electron chi connectivity index (χ3n) is 3.49. The summed E-state index contributed by atoms with van der Waals surface area (Å²) < 4.78 is 32.4. The van der Waals surface area contributed by atoms with Gasteiger partial charge in [0.25, 0.3) is 0 Å². The Hall–Kier alpha value is -2.09. The first-order chi connectivity index (χ1) is 11.7. The average Bonchev–Trinajstić information content (AvgIpc) is 2.54. The van der Waals surface area contributed by atoms with Crippen molar-refractivity contribution in [3.05, 3.63) is 53.1 Å². The number of aryl methyl sites for hydroxylation is 1. The van der Waals surface area contributed by atoms with E-state index in [0.29, 0.717) is 22.0 Å². The number of hydrogen-bond donors (Lipinski definition) is 2. The smallest absolute Gasteiger partial charge is 0.242 e. The lowest BCUT2D eigenvalue weighted by Gasteiger charge is -2.15. The van der Waals surface area contributed by atoms with Crippen LogP contribution in [0.25, 0.3) is 0 Å². The van der Waals surface area contributed by atoms with Crippen LogP contribution in [0.1, 0.15) is 12.5 Å². The maximum Gasteiger partial charge on any atom is 0.242 e. The number of methoxy groups -OCH3 is 1. The third-order valence-corrected chi connectivity index (χ3v) is 5.27. The van der Waals surface area contributed by atoms with Gasteiger partial charge in [-0.15, -0.1) is 0 Å². The summed E-state index contributed by atoms with van der Waals surface area (Å²) in [7, 11) is -2.33. The number of sulfonamides is 1. The summed E-state index contributed by atoms with van der Waals surface area (Å²) in [6.07, 6.45) is 0. The Balaban J connectivity index is 2.11. The lowest BCUT2D eigenvalue weighted by Crippen LogP contribution is -2.41. The molecule has 2 N–H and O–H groups in total. The predicted octanol–water partition coefficient (Wildman–Crippen LogP) is 2.96. The molecular formula is C17H19ClN2O4S. The van der Waals surface area contributed by atoms with Crippen molar-refractivity contribution >= 4 is 33.2 Å². The van der Waals surface area contributed by atoms with Crippen molar-refractivity contribution in [3.63, 3.8) is 0 Å². The van der Waals surface area contributed by atoms with E-state index in [1.54, 1.807) is 37.3 Å². The zero-order valence-corrected chi connectivity index (χ0v) is 15.6. The van der Waals surface area contributed by atoms with E-state index in [4.69, 9.17) is 16.3 Å². The third kappa shape index (κ3) is 4.94. The largest absolute Gasteiger partial charge is 0.496 e. The van der Waals surface area contributed by atoms with Crippen molar-refractivity contribution in [1.82, 2.24) is 4.72 Å². The average molecular weight is 383 g/mol. The molecule has 2 aromatic rings. The number of ether oxygens (including phenoxy) is 1.